The van der Waals surface area contributed by atoms with Crippen LogP contribution < -0.4 is 5.32 Å². The zero-order chi connectivity index (χ0) is 9.80. The molecule has 0 bridgehead atoms. The van der Waals surface area contributed by atoms with Gasteiger partial charge in [-0.05, 0) is 38.1 Å². The van der Waals surface area contributed by atoms with Gasteiger partial charge in [0.2, 0.25) is 0 Å². The van der Waals surface area contributed by atoms with Gasteiger partial charge in [-0.1, -0.05) is 25.7 Å². The maximum absolute atomic E-state index is 14.1. The molecule has 2 rings (SSSR count). The highest BCUT2D eigenvalue weighted by Gasteiger charge is 2.30. The fourth-order valence-corrected chi connectivity index (χ4v) is 2.93. The van der Waals surface area contributed by atoms with E-state index >= 15 is 0 Å². The van der Waals surface area contributed by atoms with Gasteiger partial charge in [0, 0.05) is 6.04 Å². The first kappa shape index (κ1) is 10.4. The molecular weight excluding hydrogens is 177 g/mol. The number of hydrogen-bond donors (Lipinski definition) is 1. The average Bonchev–Trinajstić information content (AvgIpc) is 2.30. The van der Waals surface area contributed by atoms with Gasteiger partial charge in [-0.2, -0.15) is 0 Å². The minimum absolute atomic E-state index is 0.173. The summed E-state index contributed by atoms with van der Waals surface area (Å²) in [5.74, 6) is 0.361. The van der Waals surface area contributed by atoms with Gasteiger partial charge in [0.15, 0.2) is 0 Å². The van der Waals surface area contributed by atoms with Crippen molar-refractivity contribution in [3.8, 4) is 0 Å². The number of rotatable bonds is 2. The Labute approximate surface area is 86.5 Å². The van der Waals surface area contributed by atoms with Crippen LogP contribution in [0.3, 0.4) is 0 Å². The predicted molar refractivity (Wildman–Crippen MR) is 57.1 cm³/mol. The Hall–Kier alpha value is -0.110. The largest absolute Gasteiger partial charge is 0.311 e. The molecule has 2 unspecified atom stereocenters. The van der Waals surface area contributed by atoms with Gasteiger partial charge in [-0.3, -0.25) is 0 Å². The number of hydrogen-bond acceptors (Lipinski definition) is 1. The smallest absolute Gasteiger partial charge is 0.118 e. The van der Waals surface area contributed by atoms with Crippen molar-refractivity contribution < 1.29 is 4.39 Å². The normalized spacial score (nSPS) is 32.8. The number of halogens is 1. The molecule has 1 heterocycles. The molecule has 1 aliphatic carbocycles. The van der Waals surface area contributed by atoms with E-state index in [1.807, 2.05) is 0 Å². The Bertz CT molecular complexity index is 142. The lowest BCUT2D eigenvalue weighted by Gasteiger charge is -2.33. The second-order valence-electron chi connectivity index (χ2n) is 4.90. The minimum atomic E-state index is -0.574. The standard InChI is InChI=1S/C12H22FN/c13-12(10-6-2-1-3-7-10)11-8-4-5-9-14-11/h10-12,14H,1-9H2. The summed E-state index contributed by atoms with van der Waals surface area (Å²) in [7, 11) is 0. The third-order valence-corrected chi connectivity index (χ3v) is 3.83. The zero-order valence-corrected chi connectivity index (χ0v) is 8.97. The van der Waals surface area contributed by atoms with Gasteiger partial charge in [-0.15, -0.1) is 0 Å². The highest BCUT2D eigenvalue weighted by molar-refractivity contribution is 4.85. The van der Waals surface area contributed by atoms with Gasteiger partial charge in [-0.25, -0.2) is 4.39 Å². The van der Waals surface area contributed by atoms with E-state index in [0.717, 1.165) is 25.8 Å². The summed E-state index contributed by atoms with van der Waals surface area (Å²) < 4.78 is 14.1. The molecule has 1 saturated heterocycles. The van der Waals surface area contributed by atoms with Gasteiger partial charge in [0.05, 0.1) is 0 Å². The van der Waals surface area contributed by atoms with Crippen LogP contribution in [0.4, 0.5) is 4.39 Å². The molecule has 0 amide bonds. The molecule has 0 aromatic carbocycles. The van der Waals surface area contributed by atoms with Crippen LogP contribution in [0, 0.1) is 5.92 Å². The average molecular weight is 199 g/mol. The number of nitrogens with one attached hydrogen (secondary N) is 1. The summed E-state index contributed by atoms with van der Waals surface area (Å²) in [5, 5.41) is 3.34. The predicted octanol–water partition coefficient (Wildman–Crippen LogP) is 3.05. The molecule has 0 spiro atoms. The van der Waals surface area contributed by atoms with Gasteiger partial charge in [0.1, 0.15) is 6.17 Å². The lowest BCUT2D eigenvalue weighted by Crippen LogP contribution is -2.44. The van der Waals surface area contributed by atoms with Crippen molar-refractivity contribution in [2.75, 3.05) is 6.54 Å². The molecule has 0 aromatic heterocycles. The second-order valence-corrected chi connectivity index (χ2v) is 4.90. The third kappa shape index (κ3) is 2.47. The quantitative estimate of drug-likeness (QED) is 0.720. The maximum Gasteiger partial charge on any atom is 0.118 e. The Balaban J connectivity index is 1.82. The lowest BCUT2D eigenvalue weighted by molar-refractivity contribution is 0.122. The molecule has 82 valence electrons. The molecule has 1 nitrogen and oxygen atoms in total. The Morgan fingerprint density at radius 1 is 0.929 bits per heavy atom. The number of piperidine rings is 1. The molecule has 1 N–H and O–H groups in total. The van der Waals surface area contributed by atoms with E-state index in [1.165, 1.54) is 32.1 Å². The van der Waals surface area contributed by atoms with E-state index in [0.29, 0.717) is 5.92 Å². The Kier molecular flexibility index (Phi) is 3.80. The first-order valence-corrected chi connectivity index (χ1v) is 6.25. The minimum Gasteiger partial charge on any atom is -0.311 e. The summed E-state index contributed by atoms with van der Waals surface area (Å²) in [4.78, 5) is 0. The molecule has 2 heteroatoms. The van der Waals surface area contributed by atoms with Crippen LogP contribution >= 0.6 is 0 Å². The van der Waals surface area contributed by atoms with E-state index in [1.54, 1.807) is 0 Å². The topological polar surface area (TPSA) is 12.0 Å². The van der Waals surface area contributed by atoms with E-state index in [-0.39, 0.29) is 6.04 Å². The Morgan fingerprint density at radius 2 is 1.64 bits per heavy atom. The molecule has 2 fully saturated rings. The highest BCUT2D eigenvalue weighted by Crippen LogP contribution is 2.31. The van der Waals surface area contributed by atoms with Crippen molar-refractivity contribution in [3.05, 3.63) is 0 Å². The third-order valence-electron chi connectivity index (χ3n) is 3.83. The monoisotopic (exact) mass is 199 g/mol. The first-order chi connectivity index (χ1) is 6.88. The van der Waals surface area contributed by atoms with Gasteiger partial charge >= 0.3 is 0 Å². The zero-order valence-electron chi connectivity index (χ0n) is 8.97. The van der Waals surface area contributed by atoms with Crippen LogP contribution in [-0.2, 0) is 0 Å². The van der Waals surface area contributed by atoms with Crippen LogP contribution in [0.1, 0.15) is 51.4 Å². The molecule has 14 heavy (non-hydrogen) atoms. The van der Waals surface area contributed by atoms with E-state index in [4.69, 9.17) is 0 Å². The van der Waals surface area contributed by atoms with Crippen molar-refractivity contribution in [1.29, 1.82) is 0 Å². The van der Waals surface area contributed by atoms with Crippen molar-refractivity contribution >= 4 is 0 Å². The molecule has 2 atom stereocenters. The van der Waals surface area contributed by atoms with Crippen LogP contribution in [0.15, 0.2) is 0 Å². The molecular formula is C12H22FN. The van der Waals surface area contributed by atoms with Crippen molar-refractivity contribution in [3.63, 3.8) is 0 Å². The van der Waals surface area contributed by atoms with Gasteiger partial charge < -0.3 is 5.32 Å². The van der Waals surface area contributed by atoms with Crippen molar-refractivity contribution in [1.82, 2.24) is 5.32 Å². The summed E-state index contributed by atoms with van der Waals surface area (Å²) >= 11 is 0. The Morgan fingerprint density at radius 3 is 2.29 bits per heavy atom. The van der Waals surface area contributed by atoms with Crippen LogP contribution in [0.25, 0.3) is 0 Å². The summed E-state index contributed by atoms with van der Waals surface area (Å²) in [6.45, 7) is 1.03. The van der Waals surface area contributed by atoms with Crippen LogP contribution in [0.2, 0.25) is 0 Å². The van der Waals surface area contributed by atoms with E-state index in [9.17, 15) is 4.39 Å². The van der Waals surface area contributed by atoms with Gasteiger partial charge in [0.25, 0.3) is 0 Å². The first-order valence-electron chi connectivity index (χ1n) is 6.25. The molecule has 1 saturated carbocycles. The number of alkyl halides is 1. The van der Waals surface area contributed by atoms with Crippen LogP contribution in [0.5, 0.6) is 0 Å². The van der Waals surface area contributed by atoms with Crippen LogP contribution in [-0.4, -0.2) is 18.8 Å². The molecule has 0 radical (unpaired) electrons. The highest BCUT2D eigenvalue weighted by atomic mass is 19.1. The second kappa shape index (κ2) is 5.11. The van der Waals surface area contributed by atoms with Crippen molar-refractivity contribution in [2.24, 2.45) is 5.92 Å². The molecule has 1 aliphatic heterocycles. The summed E-state index contributed by atoms with van der Waals surface area (Å²) in [5.41, 5.74) is 0. The fraction of sp³-hybridized carbons (Fsp3) is 1.00. The van der Waals surface area contributed by atoms with E-state index < -0.39 is 6.17 Å². The SMILES string of the molecule is FC(C1CCCCC1)C1CCCCN1. The maximum atomic E-state index is 14.1. The fourth-order valence-electron chi connectivity index (χ4n) is 2.93. The van der Waals surface area contributed by atoms with Crippen molar-refractivity contribution in [2.45, 2.75) is 63.6 Å². The lowest BCUT2D eigenvalue weighted by atomic mass is 9.82. The van der Waals surface area contributed by atoms with E-state index in [2.05, 4.69) is 5.32 Å². The molecule has 0 aromatic rings. The summed E-state index contributed by atoms with van der Waals surface area (Å²) in [6.07, 6.45) is 8.99. The molecule has 2 aliphatic rings. The summed E-state index contributed by atoms with van der Waals surface area (Å²) in [6, 6.07) is 0.173.